The van der Waals surface area contributed by atoms with Crippen molar-refractivity contribution in [2.75, 3.05) is 5.33 Å². The highest BCUT2D eigenvalue weighted by Crippen LogP contribution is 2.03. The van der Waals surface area contributed by atoms with Crippen molar-refractivity contribution in [3.8, 4) is 0 Å². The first-order valence-electron chi connectivity index (χ1n) is 2.87. The average Bonchev–Trinajstić information content (AvgIpc) is 2.13. The summed E-state index contributed by atoms with van der Waals surface area (Å²) in [6, 6.07) is 0. The number of hydrogen-bond acceptors (Lipinski definition) is 1. The van der Waals surface area contributed by atoms with Crippen molar-refractivity contribution >= 4 is 22.1 Å². The van der Waals surface area contributed by atoms with Gasteiger partial charge in [0.05, 0.1) is 5.70 Å². The molecule has 9 heavy (non-hydrogen) atoms. The fourth-order valence-electron chi connectivity index (χ4n) is 0.611. The fourth-order valence-corrected chi connectivity index (χ4v) is 0.942. The smallest absolute Gasteiger partial charge is 0.0505 e. The van der Waals surface area contributed by atoms with E-state index in [1.54, 1.807) is 0 Å². The lowest BCUT2D eigenvalue weighted by Crippen LogP contribution is -1.76. The molecule has 0 spiro atoms. The van der Waals surface area contributed by atoms with Gasteiger partial charge < -0.3 is 0 Å². The lowest BCUT2D eigenvalue weighted by atomic mass is 10.4. The van der Waals surface area contributed by atoms with E-state index in [4.69, 9.17) is 0 Å². The Morgan fingerprint density at radius 3 is 3.33 bits per heavy atom. The zero-order valence-electron chi connectivity index (χ0n) is 5.05. The molecule has 0 aromatic carbocycles. The summed E-state index contributed by atoms with van der Waals surface area (Å²) in [6.45, 7) is 0. The maximum Gasteiger partial charge on any atom is 0.0505 e. The summed E-state index contributed by atoms with van der Waals surface area (Å²) in [4.78, 5) is 4.17. The van der Waals surface area contributed by atoms with Gasteiger partial charge in [0, 0.05) is 18.0 Å². The molecule has 1 nitrogen and oxygen atoms in total. The summed E-state index contributed by atoms with van der Waals surface area (Å²) < 4.78 is 0. The molecule has 1 aliphatic heterocycles. The van der Waals surface area contributed by atoms with Crippen molar-refractivity contribution in [2.45, 2.75) is 6.42 Å². The zero-order chi connectivity index (χ0) is 6.53. The third-order valence-electron chi connectivity index (χ3n) is 1.06. The largest absolute Gasteiger partial charge is 0.264 e. The Morgan fingerprint density at radius 1 is 1.67 bits per heavy atom. The van der Waals surface area contributed by atoms with Crippen LogP contribution in [0.3, 0.4) is 0 Å². The molecule has 0 bridgehead atoms. The van der Waals surface area contributed by atoms with Crippen LogP contribution in [0.2, 0.25) is 0 Å². The molecule has 0 N–H and O–H groups in total. The molecule has 0 aromatic heterocycles. The van der Waals surface area contributed by atoms with Crippen molar-refractivity contribution in [2.24, 2.45) is 4.99 Å². The molecular weight excluding hydrogens is 178 g/mol. The van der Waals surface area contributed by atoms with E-state index in [0.717, 1.165) is 17.4 Å². The van der Waals surface area contributed by atoms with Crippen molar-refractivity contribution in [1.29, 1.82) is 0 Å². The number of halogens is 1. The third-order valence-corrected chi connectivity index (χ3v) is 1.63. The number of allylic oxidation sites excluding steroid dienone is 4. The molecule has 0 amide bonds. The molecule has 0 atom stereocenters. The van der Waals surface area contributed by atoms with Gasteiger partial charge in [0.2, 0.25) is 0 Å². The van der Waals surface area contributed by atoms with E-state index in [0.29, 0.717) is 0 Å². The van der Waals surface area contributed by atoms with Gasteiger partial charge in [-0.2, -0.15) is 0 Å². The normalized spacial score (nSPS) is 17.2. The van der Waals surface area contributed by atoms with Crippen LogP contribution in [-0.2, 0) is 0 Å². The van der Waals surface area contributed by atoms with Crippen molar-refractivity contribution < 1.29 is 0 Å². The maximum absolute atomic E-state index is 4.17. The van der Waals surface area contributed by atoms with Gasteiger partial charge in [-0.25, -0.2) is 0 Å². The Labute approximate surface area is 63.3 Å². The Hall–Kier alpha value is -0.370. The average molecular weight is 186 g/mol. The Morgan fingerprint density at radius 2 is 2.56 bits per heavy atom. The predicted octanol–water partition coefficient (Wildman–Crippen LogP) is 2.30. The first kappa shape index (κ1) is 6.75. The second-order valence-electron chi connectivity index (χ2n) is 1.77. The first-order valence-corrected chi connectivity index (χ1v) is 4.00. The second kappa shape index (κ2) is 3.62. The van der Waals surface area contributed by atoms with Crippen LogP contribution in [0.4, 0.5) is 0 Å². The molecule has 0 fully saturated rings. The summed E-state index contributed by atoms with van der Waals surface area (Å²) in [5, 5.41) is 0.841. The SMILES string of the molecule is BrCC1=CC=CCC=N1. The van der Waals surface area contributed by atoms with Crippen LogP contribution in [0, 0.1) is 0 Å². The lowest BCUT2D eigenvalue weighted by molar-refractivity contribution is 1.34. The standard InChI is InChI=1S/C7H8BrN/c8-6-7-4-2-1-3-5-9-7/h1-2,4-5H,3,6H2. The number of hydrogen-bond donors (Lipinski definition) is 0. The van der Waals surface area contributed by atoms with E-state index in [2.05, 4.69) is 27.0 Å². The van der Waals surface area contributed by atoms with Crippen LogP contribution in [0.15, 0.2) is 28.9 Å². The number of alkyl halides is 1. The minimum Gasteiger partial charge on any atom is -0.264 e. The molecule has 0 radical (unpaired) electrons. The van der Waals surface area contributed by atoms with Crippen LogP contribution in [-0.4, -0.2) is 11.5 Å². The number of rotatable bonds is 1. The first-order chi connectivity index (χ1) is 4.43. The van der Waals surface area contributed by atoms with Gasteiger partial charge in [0.25, 0.3) is 0 Å². The summed E-state index contributed by atoms with van der Waals surface area (Å²) in [5.74, 6) is 0. The van der Waals surface area contributed by atoms with Gasteiger partial charge in [-0.15, -0.1) is 0 Å². The molecule has 0 saturated heterocycles. The molecule has 48 valence electrons. The van der Waals surface area contributed by atoms with Crippen molar-refractivity contribution in [1.82, 2.24) is 0 Å². The summed E-state index contributed by atoms with van der Waals surface area (Å²) >= 11 is 3.33. The molecule has 1 heterocycles. The number of aliphatic imine (C=N–C) groups is 1. The molecule has 1 aliphatic rings. The molecule has 2 heteroatoms. The van der Waals surface area contributed by atoms with Crippen LogP contribution >= 0.6 is 15.9 Å². The lowest BCUT2D eigenvalue weighted by Gasteiger charge is -1.88. The van der Waals surface area contributed by atoms with E-state index in [9.17, 15) is 0 Å². The van der Waals surface area contributed by atoms with E-state index in [-0.39, 0.29) is 0 Å². The Kier molecular flexibility index (Phi) is 2.71. The van der Waals surface area contributed by atoms with Gasteiger partial charge in [-0.05, 0) is 6.08 Å². The van der Waals surface area contributed by atoms with Crippen molar-refractivity contribution in [3.63, 3.8) is 0 Å². The summed E-state index contributed by atoms with van der Waals surface area (Å²) in [6.07, 6.45) is 8.99. The topological polar surface area (TPSA) is 12.4 Å². The maximum atomic E-state index is 4.17. The molecule has 0 aliphatic carbocycles. The monoisotopic (exact) mass is 185 g/mol. The van der Waals surface area contributed by atoms with Crippen LogP contribution in [0.1, 0.15) is 6.42 Å². The quantitative estimate of drug-likeness (QED) is 0.557. The predicted molar refractivity (Wildman–Crippen MR) is 44.1 cm³/mol. The van der Waals surface area contributed by atoms with E-state index >= 15 is 0 Å². The Bertz CT molecular complexity index is 168. The van der Waals surface area contributed by atoms with Crippen molar-refractivity contribution in [3.05, 3.63) is 23.9 Å². The third kappa shape index (κ3) is 2.14. The highest BCUT2D eigenvalue weighted by molar-refractivity contribution is 9.09. The van der Waals surface area contributed by atoms with Gasteiger partial charge in [-0.1, -0.05) is 28.1 Å². The zero-order valence-corrected chi connectivity index (χ0v) is 6.63. The molecule has 0 saturated carbocycles. The van der Waals surface area contributed by atoms with Gasteiger partial charge in [0.1, 0.15) is 0 Å². The van der Waals surface area contributed by atoms with Crippen LogP contribution < -0.4 is 0 Å². The van der Waals surface area contributed by atoms with E-state index < -0.39 is 0 Å². The van der Waals surface area contributed by atoms with Gasteiger partial charge >= 0.3 is 0 Å². The minimum absolute atomic E-state index is 0.841. The molecular formula is C7H8BrN. The van der Waals surface area contributed by atoms with Gasteiger partial charge in [0.15, 0.2) is 0 Å². The van der Waals surface area contributed by atoms with E-state index in [1.165, 1.54) is 0 Å². The highest BCUT2D eigenvalue weighted by atomic mass is 79.9. The molecule has 1 rings (SSSR count). The minimum atomic E-state index is 0.841. The fraction of sp³-hybridized carbons (Fsp3) is 0.286. The van der Waals surface area contributed by atoms with Crippen LogP contribution in [0.5, 0.6) is 0 Å². The molecule has 0 unspecified atom stereocenters. The summed E-state index contributed by atoms with van der Waals surface area (Å²) in [7, 11) is 0. The second-order valence-corrected chi connectivity index (χ2v) is 2.33. The van der Waals surface area contributed by atoms with E-state index in [1.807, 2.05) is 18.4 Å². The Balaban J connectivity index is 2.67. The number of nitrogens with zero attached hydrogens (tertiary/aromatic N) is 1. The highest BCUT2D eigenvalue weighted by Gasteiger charge is 1.88. The summed E-state index contributed by atoms with van der Waals surface area (Å²) in [5.41, 5.74) is 1.09. The van der Waals surface area contributed by atoms with Gasteiger partial charge in [-0.3, -0.25) is 4.99 Å². The van der Waals surface area contributed by atoms with Crippen LogP contribution in [0.25, 0.3) is 0 Å². The molecule has 0 aromatic rings.